The number of carbonyl (C=O) groups is 1. The van der Waals surface area contributed by atoms with Crippen LogP contribution in [-0.2, 0) is 6.42 Å². The molecule has 1 aromatic heterocycles. The van der Waals surface area contributed by atoms with Crippen LogP contribution in [0.4, 0.5) is 19.3 Å². The van der Waals surface area contributed by atoms with Gasteiger partial charge in [0, 0.05) is 12.2 Å². The van der Waals surface area contributed by atoms with E-state index in [0.29, 0.717) is 33.8 Å². The first-order chi connectivity index (χ1) is 13.5. The molecule has 1 aliphatic heterocycles. The number of carbonyl (C=O) groups excluding carboxylic acids is 1. The summed E-state index contributed by atoms with van der Waals surface area (Å²) < 4.78 is 34.1. The minimum absolute atomic E-state index is 0.367. The van der Waals surface area contributed by atoms with Gasteiger partial charge in [0.1, 0.15) is 11.4 Å². The van der Waals surface area contributed by atoms with Gasteiger partial charge in [-0.1, -0.05) is 6.07 Å². The average Bonchev–Trinajstić information content (AvgIpc) is 3.07. The highest BCUT2D eigenvalue weighted by Gasteiger charge is 2.28. The third kappa shape index (κ3) is 2.82. The van der Waals surface area contributed by atoms with Gasteiger partial charge in [0.25, 0.3) is 0 Å². The lowest BCUT2D eigenvalue weighted by Gasteiger charge is -2.28. The van der Waals surface area contributed by atoms with Crippen molar-refractivity contribution in [3.05, 3.63) is 64.1 Å². The molecule has 0 bridgehead atoms. The van der Waals surface area contributed by atoms with Crippen molar-refractivity contribution in [2.45, 2.75) is 12.8 Å². The second-order valence-corrected chi connectivity index (χ2v) is 6.19. The second-order valence-electron chi connectivity index (χ2n) is 6.19. The van der Waals surface area contributed by atoms with E-state index in [9.17, 15) is 18.4 Å². The summed E-state index contributed by atoms with van der Waals surface area (Å²) in [6, 6.07) is 7.63. The second kappa shape index (κ2) is 6.87. The minimum atomic E-state index is -1.06. The number of fused-ring (bicyclic) bond motifs is 1. The number of anilines is 1. The number of methoxy groups -OCH3 is 1. The zero-order valence-electron chi connectivity index (χ0n) is 14.8. The van der Waals surface area contributed by atoms with E-state index in [4.69, 9.17) is 4.74 Å². The average molecular weight is 387 g/mol. The number of hydrogen-bond acceptors (Lipinski definition) is 5. The monoisotopic (exact) mass is 387 g/mol. The summed E-state index contributed by atoms with van der Waals surface area (Å²) in [6.45, 7) is 0.367. The van der Waals surface area contributed by atoms with Crippen molar-refractivity contribution in [3.63, 3.8) is 0 Å². The van der Waals surface area contributed by atoms with Gasteiger partial charge in [-0.05, 0) is 59.2 Å². The minimum Gasteiger partial charge on any atom is -0.497 e. The summed E-state index contributed by atoms with van der Waals surface area (Å²) >= 11 is 0. The van der Waals surface area contributed by atoms with E-state index >= 15 is 0 Å². The number of rotatable bonds is 2. The highest BCUT2D eigenvalue weighted by Crippen LogP contribution is 2.30. The van der Waals surface area contributed by atoms with Crippen LogP contribution in [0.1, 0.15) is 12.0 Å². The Morgan fingerprint density at radius 1 is 1.14 bits per heavy atom. The number of halogens is 2. The number of ether oxygens (including phenoxy) is 1. The maximum absolute atomic E-state index is 14.0. The van der Waals surface area contributed by atoms with Crippen molar-refractivity contribution in [1.29, 1.82) is 0 Å². The third-order valence-corrected chi connectivity index (χ3v) is 4.55. The van der Waals surface area contributed by atoms with E-state index in [0.717, 1.165) is 30.2 Å². The van der Waals surface area contributed by atoms with Crippen LogP contribution in [0.25, 0.3) is 5.69 Å². The highest BCUT2D eigenvalue weighted by atomic mass is 19.1. The summed E-state index contributed by atoms with van der Waals surface area (Å²) in [4.78, 5) is 26.9. The van der Waals surface area contributed by atoms with Gasteiger partial charge >= 0.3 is 11.7 Å². The van der Waals surface area contributed by atoms with Crippen molar-refractivity contribution in [3.8, 4) is 11.4 Å². The van der Waals surface area contributed by atoms with Crippen LogP contribution in [0.5, 0.6) is 5.75 Å². The van der Waals surface area contributed by atoms with E-state index < -0.39 is 29.0 Å². The standard InChI is InChI=1S/C18H15F2N5O3/c1-28-12-7-8-15-11(10-12)4-3-9-23(15)17(26)25-18(27)24(21-22-25)16-13(19)5-2-6-14(16)20/h2,5-8,10H,3-4,9H2,1H3. The Labute approximate surface area is 157 Å². The molecule has 1 aliphatic rings. The molecule has 0 unspecified atom stereocenters. The summed E-state index contributed by atoms with van der Waals surface area (Å²) in [5, 5.41) is 7.00. The molecule has 0 fully saturated rings. The van der Waals surface area contributed by atoms with Gasteiger partial charge in [-0.3, -0.25) is 4.90 Å². The molecule has 144 valence electrons. The van der Waals surface area contributed by atoms with Crippen LogP contribution in [0.2, 0.25) is 0 Å². The number of aromatic nitrogens is 4. The molecule has 0 N–H and O–H groups in total. The van der Waals surface area contributed by atoms with Gasteiger partial charge < -0.3 is 4.74 Å². The largest absolute Gasteiger partial charge is 0.497 e. The van der Waals surface area contributed by atoms with Gasteiger partial charge in [-0.2, -0.15) is 4.68 Å². The molecule has 3 aromatic rings. The van der Waals surface area contributed by atoms with E-state index in [-0.39, 0.29) is 0 Å². The SMILES string of the molecule is COc1ccc2c(c1)CCCN2C(=O)n1nnn(-c2c(F)cccc2F)c1=O. The molecule has 2 aromatic carbocycles. The van der Waals surface area contributed by atoms with Gasteiger partial charge in [0.05, 0.1) is 7.11 Å². The molecule has 2 heterocycles. The quantitative estimate of drug-likeness (QED) is 0.630. The summed E-state index contributed by atoms with van der Waals surface area (Å²) in [6.07, 6.45) is 1.43. The molecule has 0 saturated carbocycles. The van der Waals surface area contributed by atoms with Crippen molar-refractivity contribution in [2.75, 3.05) is 18.6 Å². The zero-order valence-corrected chi connectivity index (χ0v) is 14.8. The molecule has 0 spiro atoms. The van der Waals surface area contributed by atoms with Crippen LogP contribution < -0.4 is 15.3 Å². The Morgan fingerprint density at radius 3 is 2.61 bits per heavy atom. The van der Waals surface area contributed by atoms with Crippen LogP contribution in [0, 0.1) is 11.6 Å². The van der Waals surface area contributed by atoms with Gasteiger partial charge in [0.15, 0.2) is 11.6 Å². The number of tetrazole rings is 1. The Morgan fingerprint density at radius 2 is 1.89 bits per heavy atom. The number of benzene rings is 2. The van der Waals surface area contributed by atoms with E-state index in [2.05, 4.69) is 10.4 Å². The first kappa shape index (κ1) is 17.8. The number of aryl methyl sites for hydroxylation is 1. The number of amides is 1. The fourth-order valence-corrected chi connectivity index (χ4v) is 3.21. The molecular formula is C18H15F2N5O3. The van der Waals surface area contributed by atoms with Crippen LogP contribution in [0.3, 0.4) is 0 Å². The lowest BCUT2D eigenvalue weighted by Crippen LogP contribution is -2.43. The maximum Gasteiger partial charge on any atom is 0.377 e. The summed E-state index contributed by atoms with van der Waals surface area (Å²) in [5.74, 6) is -1.32. The Balaban J connectivity index is 1.74. The predicted molar refractivity (Wildman–Crippen MR) is 95.0 cm³/mol. The maximum atomic E-state index is 14.0. The van der Waals surface area contributed by atoms with Crippen LogP contribution in [-0.4, -0.2) is 39.5 Å². The van der Waals surface area contributed by atoms with Gasteiger partial charge in [-0.25, -0.2) is 18.4 Å². The molecule has 1 amide bonds. The van der Waals surface area contributed by atoms with E-state index in [1.165, 1.54) is 4.90 Å². The van der Waals surface area contributed by atoms with Crippen molar-refractivity contribution >= 4 is 11.7 Å². The van der Waals surface area contributed by atoms with Crippen molar-refractivity contribution in [1.82, 2.24) is 19.8 Å². The predicted octanol–water partition coefficient (Wildman–Crippen LogP) is 2.14. The Bertz CT molecular complexity index is 1100. The normalized spacial score (nSPS) is 13.3. The molecule has 8 nitrogen and oxygen atoms in total. The first-order valence-electron chi connectivity index (χ1n) is 8.49. The van der Waals surface area contributed by atoms with Crippen LogP contribution in [0.15, 0.2) is 41.2 Å². The zero-order chi connectivity index (χ0) is 19.8. The van der Waals surface area contributed by atoms with E-state index in [1.54, 1.807) is 19.2 Å². The number of hydrogen-bond donors (Lipinski definition) is 0. The van der Waals surface area contributed by atoms with Crippen LogP contribution >= 0.6 is 0 Å². The molecule has 28 heavy (non-hydrogen) atoms. The fraction of sp³-hybridized carbons (Fsp3) is 0.222. The topological polar surface area (TPSA) is 82.2 Å². The first-order valence-corrected chi connectivity index (χ1v) is 8.49. The summed E-state index contributed by atoms with van der Waals surface area (Å²) in [5.41, 5.74) is -0.236. The van der Waals surface area contributed by atoms with E-state index in [1.807, 2.05) is 6.07 Å². The van der Waals surface area contributed by atoms with Gasteiger partial charge in [-0.15, -0.1) is 4.68 Å². The molecule has 0 saturated heterocycles. The highest BCUT2D eigenvalue weighted by molar-refractivity contribution is 5.94. The molecule has 0 atom stereocenters. The number of nitrogens with zero attached hydrogens (tertiary/aromatic N) is 5. The molecule has 4 rings (SSSR count). The van der Waals surface area contributed by atoms with Crippen molar-refractivity contribution in [2.24, 2.45) is 0 Å². The molecule has 0 aliphatic carbocycles. The third-order valence-electron chi connectivity index (χ3n) is 4.55. The molecular weight excluding hydrogens is 372 g/mol. The molecule has 10 heteroatoms. The van der Waals surface area contributed by atoms with Gasteiger partial charge in [0.2, 0.25) is 0 Å². The summed E-state index contributed by atoms with van der Waals surface area (Å²) in [7, 11) is 1.55. The molecule has 0 radical (unpaired) electrons. The Kier molecular flexibility index (Phi) is 4.38. The Hall–Kier alpha value is -3.56. The fourth-order valence-electron chi connectivity index (χ4n) is 3.21. The van der Waals surface area contributed by atoms with Crippen molar-refractivity contribution < 1.29 is 18.3 Å². The lowest BCUT2D eigenvalue weighted by molar-refractivity contribution is 0.243. The smallest absolute Gasteiger partial charge is 0.377 e. The lowest BCUT2D eigenvalue weighted by atomic mass is 10.0. The number of para-hydroxylation sites is 1.